The van der Waals surface area contributed by atoms with Gasteiger partial charge in [0.25, 0.3) is 0 Å². The normalized spacial score (nSPS) is 13.3. The van der Waals surface area contributed by atoms with Crippen molar-refractivity contribution in [1.29, 1.82) is 0 Å². The Morgan fingerprint density at radius 3 is 1.39 bits per heavy atom. The minimum Gasteiger partial charge on any atom is -0.634 e. The van der Waals surface area contributed by atoms with E-state index in [2.05, 4.69) is 0 Å². The molecule has 0 unspecified atom stereocenters. The van der Waals surface area contributed by atoms with Crippen molar-refractivity contribution in [3.63, 3.8) is 0 Å². The maximum atomic E-state index is 11.6. The summed E-state index contributed by atoms with van der Waals surface area (Å²) in [4.78, 5) is 0. The molecule has 18 heavy (non-hydrogen) atoms. The minimum atomic E-state index is -0.615. The lowest BCUT2D eigenvalue weighted by Crippen LogP contribution is -3.07. The Bertz CT molecular complexity index is 184. The van der Waals surface area contributed by atoms with Gasteiger partial charge in [0.2, 0.25) is 0 Å². The molecule has 0 spiro atoms. The lowest BCUT2D eigenvalue weighted by atomic mass is 10.0. The highest BCUT2D eigenvalue weighted by molar-refractivity contribution is 4.64. The Morgan fingerprint density at radius 2 is 1.11 bits per heavy atom. The Morgan fingerprint density at radius 1 is 0.778 bits per heavy atom. The van der Waals surface area contributed by atoms with E-state index in [9.17, 15) is 15.4 Å². The Kier molecular flexibility index (Phi) is 8.03. The molecule has 110 valence electrons. The quantitative estimate of drug-likeness (QED) is 0.409. The van der Waals surface area contributed by atoms with Gasteiger partial charge in [-0.15, -0.1) is 0 Å². The molecule has 0 saturated heterocycles. The zero-order chi connectivity index (χ0) is 14.2. The predicted molar refractivity (Wildman–Crippen MR) is 74.4 cm³/mol. The fourth-order valence-corrected chi connectivity index (χ4v) is 1.88. The van der Waals surface area contributed by atoms with Gasteiger partial charge in [-0.2, -0.15) is 0 Å². The standard InChI is InChI=1S/C14H31NO3/c1-13(2,16)9-5-7-11-15(18)12-8-6-10-14(3,4)17/h15-17H,5-12H2,1-4H3. The van der Waals surface area contributed by atoms with Crippen LogP contribution in [-0.4, -0.2) is 34.5 Å². The van der Waals surface area contributed by atoms with E-state index in [1.165, 1.54) is 0 Å². The van der Waals surface area contributed by atoms with E-state index in [0.717, 1.165) is 38.5 Å². The first-order valence-electron chi connectivity index (χ1n) is 7.07. The smallest absolute Gasteiger partial charge is 0.0768 e. The van der Waals surface area contributed by atoms with Gasteiger partial charge >= 0.3 is 0 Å². The minimum absolute atomic E-state index is 0.307. The van der Waals surface area contributed by atoms with Gasteiger partial charge in [-0.3, -0.25) is 0 Å². The van der Waals surface area contributed by atoms with Crippen molar-refractivity contribution in [3.8, 4) is 0 Å². The second-order valence-electron chi connectivity index (χ2n) is 6.58. The average molecular weight is 261 g/mol. The van der Waals surface area contributed by atoms with Crippen LogP contribution < -0.4 is 5.06 Å². The lowest BCUT2D eigenvalue weighted by molar-refractivity contribution is -0.848. The van der Waals surface area contributed by atoms with E-state index >= 15 is 0 Å². The highest BCUT2D eigenvalue weighted by atomic mass is 16.5. The largest absolute Gasteiger partial charge is 0.634 e. The molecule has 0 bridgehead atoms. The fourth-order valence-electron chi connectivity index (χ4n) is 1.88. The summed E-state index contributed by atoms with van der Waals surface area (Å²) in [5, 5.41) is 30.9. The number of quaternary nitrogens is 1. The molecule has 0 rings (SSSR count). The van der Waals surface area contributed by atoms with Crippen LogP contribution in [0.4, 0.5) is 0 Å². The maximum absolute atomic E-state index is 11.6. The van der Waals surface area contributed by atoms with Crippen LogP contribution in [0.2, 0.25) is 0 Å². The van der Waals surface area contributed by atoms with E-state index < -0.39 is 11.2 Å². The number of unbranched alkanes of at least 4 members (excludes halogenated alkanes) is 2. The number of rotatable bonds is 10. The van der Waals surface area contributed by atoms with Crippen LogP contribution in [0.25, 0.3) is 0 Å². The molecule has 0 radical (unpaired) electrons. The maximum Gasteiger partial charge on any atom is 0.0768 e. The lowest BCUT2D eigenvalue weighted by Gasteiger charge is -2.24. The van der Waals surface area contributed by atoms with Gasteiger partial charge in [-0.1, -0.05) is 0 Å². The van der Waals surface area contributed by atoms with Crippen molar-refractivity contribution in [1.82, 2.24) is 0 Å². The van der Waals surface area contributed by atoms with E-state index in [0.29, 0.717) is 18.2 Å². The first-order chi connectivity index (χ1) is 8.10. The molecule has 0 aliphatic heterocycles. The van der Waals surface area contributed by atoms with Crippen molar-refractivity contribution in [2.24, 2.45) is 0 Å². The summed E-state index contributed by atoms with van der Waals surface area (Å²) in [6.45, 7) is 8.44. The Labute approximate surface area is 112 Å². The molecule has 4 heteroatoms. The van der Waals surface area contributed by atoms with Gasteiger partial charge in [0, 0.05) is 0 Å². The molecular formula is C14H31NO3. The van der Waals surface area contributed by atoms with Crippen LogP contribution in [0.3, 0.4) is 0 Å². The zero-order valence-electron chi connectivity index (χ0n) is 12.5. The molecule has 3 N–H and O–H groups in total. The number of hydrogen-bond acceptors (Lipinski definition) is 3. The number of nitrogens with one attached hydrogen (secondary N) is 1. The van der Waals surface area contributed by atoms with Crippen LogP contribution in [0.5, 0.6) is 0 Å². The van der Waals surface area contributed by atoms with Crippen molar-refractivity contribution < 1.29 is 15.3 Å². The van der Waals surface area contributed by atoms with Gasteiger partial charge in [0.05, 0.1) is 24.3 Å². The second-order valence-corrected chi connectivity index (χ2v) is 6.58. The summed E-state index contributed by atoms with van der Waals surface area (Å²) in [5.41, 5.74) is -1.23. The Hall–Kier alpha value is -0.160. The Balaban J connectivity index is 3.41. The predicted octanol–water partition coefficient (Wildman–Crippen LogP) is 1.25. The van der Waals surface area contributed by atoms with Crippen molar-refractivity contribution in [2.45, 2.75) is 77.4 Å². The third kappa shape index (κ3) is 13.9. The molecular weight excluding hydrogens is 230 g/mol. The molecule has 0 aromatic heterocycles. The first-order valence-corrected chi connectivity index (χ1v) is 7.07. The molecule has 0 aromatic carbocycles. The summed E-state index contributed by atoms with van der Waals surface area (Å²) < 4.78 is 0. The van der Waals surface area contributed by atoms with E-state index in [1.807, 2.05) is 0 Å². The molecule has 0 saturated carbocycles. The first kappa shape index (κ1) is 17.8. The summed E-state index contributed by atoms with van der Waals surface area (Å²) in [6.07, 6.45) is 5.04. The highest BCUT2D eigenvalue weighted by Gasteiger charge is 2.13. The zero-order valence-corrected chi connectivity index (χ0v) is 12.5. The molecule has 0 aromatic rings. The molecule has 0 aliphatic carbocycles. The van der Waals surface area contributed by atoms with Gasteiger partial charge in [0.1, 0.15) is 0 Å². The third-order valence-electron chi connectivity index (χ3n) is 2.99. The van der Waals surface area contributed by atoms with Gasteiger partial charge < -0.3 is 20.5 Å². The topological polar surface area (TPSA) is 68.0 Å². The van der Waals surface area contributed by atoms with Crippen LogP contribution in [0.15, 0.2) is 0 Å². The van der Waals surface area contributed by atoms with Gasteiger partial charge in [-0.25, -0.2) is 0 Å². The van der Waals surface area contributed by atoms with Crippen molar-refractivity contribution in [3.05, 3.63) is 5.21 Å². The van der Waals surface area contributed by atoms with Crippen molar-refractivity contribution in [2.75, 3.05) is 13.1 Å². The summed E-state index contributed by atoms with van der Waals surface area (Å²) in [6, 6.07) is 0. The van der Waals surface area contributed by atoms with Crippen LogP contribution in [0, 0.1) is 5.21 Å². The van der Waals surface area contributed by atoms with Crippen LogP contribution >= 0.6 is 0 Å². The second kappa shape index (κ2) is 8.10. The monoisotopic (exact) mass is 261 g/mol. The van der Waals surface area contributed by atoms with E-state index in [4.69, 9.17) is 0 Å². The molecule has 0 heterocycles. The van der Waals surface area contributed by atoms with E-state index in [1.54, 1.807) is 27.7 Å². The van der Waals surface area contributed by atoms with Crippen molar-refractivity contribution >= 4 is 0 Å². The molecule has 4 nitrogen and oxygen atoms in total. The van der Waals surface area contributed by atoms with Gasteiger partial charge in [0.15, 0.2) is 0 Å². The average Bonchev–Trinajstić information content (AvgIpc) is 2.17. The summed E-state index contributed by atoms with van der Waals surface area (Å²) >= 11 is 0. The molecule has 0 amide bonds. The number of hydroxylamine groups is 2. The molecule has 0 fully saturated rings. The SMILES string of the molecule is CC(C)(O)CCCC[NH+]([O-])CCCCC(C)(C)O. The van der Waals surface area contributed by atoms with E-state index in [-0.39, 0.29) is 0 Å². The fraction of sp³-hybridized carbons (Fsp3) is 1.00. The molecule has 0 aliphatic rings. The summed E-state index contributed by atoms with van der Waals surface area (Å²) in [5.74, 6) is 0. The van der Waals surface area contributed by atoms with Crippen LogP contribution in [0.1, 0.15) is 66.2 Å². The molecule has 0 atom stereocenters. The summed E-state index contributed by atoms with van der Waals surface area (Å²) in [7, 11) is 0. The number of aliphatic hydroxyl groups is 2. The number of hydrogen-bond donors (Lipinski definition) is 3. The third-order valence-corrected chi connectivity index (χ3v) is 2.99. The highest BCUT2D eigenvalue weighted by Crippen LogP contribution is 2.11. The van der Waals surface area contributed by atoms with Crippen LogP contribution in [-0.2, 0) is 0 Å². The van der Waals surface area contributed by atoms with Gasteiger partial charge in [-0.05, 0) is 66.2 Å².